The number of amides is 2. The van der Waals surface area contributed by atoms with E-state index in [1.54, 1.807) is 12.4 Å². The van der Waals surface area contributed by atoms with Gasteiger partial charge in [0.05, 0.1) is 24.2 Å². The molecule has 2 aliphatic heterocycles. The van der Waals surface area contributed by atoms with E-state index in [0.717, 1.165) is 22.8 Å². The van der Waals surface area contributed by atoms with Crippen LogP contribution in [0.1, 0.15) is 129 Å². The summed E-state index contributed by atoms with van der Waals surface area (Å²) in [5, 5.41) is 11.8. The molecule has 0 atom stereocenters. The first-order valence-corrected chi connectivity index (χ1v) is 16.2. The maximum absolute atomic E-state index is 11.1. The molecule has 3 N–H and O–H groups in total. The Morgan fingerprint density at radius 3 is 1.96 bits per heavy atom. The molecule has 0 radical (unpaired) electrons. The fourth-order valence-electron chi connectivity index (χ4n) is 4.34. The van der Waals surface area contributed by atoms with Crippen molar-refractivity contribution in [1.29, 1.82) is 0 Å². The molecule has 0 saturated heterocycles. The molecule has 0 aromatic carbocycles. The third kappa shape index (κ3) is 10.7. The van der Waals surface area contributed by atoms with Crippen molar-refractivity contribution in [1.82, 2.24) is 24.6 Å². The smallest absolute Gasteiger partial charge is 0.324 e. The number of anilines is 2. The van der Waals surface area contributed by atoms with Crippen LogP contribution in [-0.4, -0.2) is 36.4 Å². The van der Waals surface area contributed by atoms with E-state index in [4.69, 9.17) is 0 Å². The Balaban J connectivity index is 0.000000311. The SMILES string of the molecule is CC.CC.CC.CC(C)c1ccn2c(=O)[nH]nc2c1.CC(C)c1ccnc2c1NC(=O)C2.CC(C)c1cnc2c(c1)CC(=O)N2. The molecule has 2 aliphatic rings. The number of pyridine rings is 3. The quantitative estimate of drug-likeness (QED) is 0.216. The summed E-state index contributed by atoms with van der Waals surface area (Å²) in [7, 11) is 0. The van der Waals surface area contributed by atoms with Crippen LogP contribution < -0.4 is 16.3 Å². The van der Waals surface area contributed by atoms with E-state index in [0.29, 0.717) is 36.2 Å². The lowest BCUT2D eigenvalue weighted by Crippen LogP contribution is -2.08. The van der Waals surface area contributed by atoms with Gasteiger partial charge < -0.3 is 10.6 Å². The zero-order valence-electron chi connectivity index (χ0n) is 29.2. The summed E-state index contributed by atoms with van der Waals surface area (Å²) in [6.45, 7) is 24.7. The molecular formula is C35H53N7O3. The molecule has 10 heteroatoms. The first-order chi connectivity index (χ1) is 21.5. The van der Waals surface area contributed by atoms with Crippen molar-refractivity contribution in [3.05, 3.63) is 81.3 Å². The molecule has 45 heavy (non-hydrogen) atoms. The van der Waals surface area contributed by atoms with Crippen molar-refractivity contribution in [3.8, 4) is 0 Å². The number of carbonyl (C=O) groups is 2. The van der Waals surface area contributed by atoms with Crippen LogP contribution in [-0.2, 0) is 22.4 Å². The first-order valence-electron chi connectivity index (χ1n) is 16.2. The summed E-state index contributed by atoms with van der Waals surface area (Å²) in [6, 6.07) is 7.89. The highest BCUT2D eigenvalue weighted by atomic mass is 16.2. The summed E-state index contributed by atoms with van der Waals surface area (Å²) in [5.41, 5.74) is 6.88. The van der Waals surface area contributed by atoms with Gasteiger partial charge in [0.1, 0.15) is 5.82 Å². The lowest BCUT2D eigenvalue weighted by atomic mass is 10.0. The highest BCUT2D eigenvalue weighted by Gasteiger charge is 2.22. The van der Waals surface area contributed by atoms with Crippen LogP contribution in [0.4, 0.5) is 11.5 Å². The zero-order chi connectivity index (χ0) is 34.3. The second kappa shape index (κ2) is 19.1. The second-order valence-corrected chi connectivity index (χ2v) is 10.6. The molecule has 10 nitrogen and oxygen atoms in total. The predicted molar refractivity (Wildman–Crippen MR) is 185 cm³/mol. The molecule has 0 fully saturated rings. The second-order valence-electron chi connectivity index (χ2n) is 10.6. The minimum absolute atomic E-state index is 0.0448. The minimum Gasteiger partial charge on any atom is -0.324 e. The number of hydrogen-bond acceptors (Lipinski definition) is 6. The largest absolute Gasteiger partial charge is 0.347 e. The van der Waals surface area contributed by atoms with Crippen molar-refractivity contribution < 1.29 is 9.59 Å². The van der Waals surface area contributed by atoms with Crippen LogP contribution in [0.15, 0.2) is 47.7 Å². The van der Waals surface area contributed by atoms with Gasteiger partial charge in [0, 0.05) is 24.2 Å². The molecule has 0 saturated carbocycles. The van der Waals surface area contributed by atoms with E-state index in [9.17, 15) is 14.4 Å². The topological polar surface area (TPSA) is 134 Å². The van der Waals surface area contributed by atoms with Crippen LogP contribution in [0.3, 0.4) is 0 Å². The molecule has 2 amide bonds. The molecule has 0 aliphatic carbocycles. The van der Waals surface area contributed by atoms with E-state index in [1.807, 2.05) is 65.9 Å². The number of carbonyl (C=O) groups excluding carboxylic acids is 2. The Kier molecular flexibility index (Phi) is 16.4. The Morgan fingerprint density at radius 1 is 0.733 bits per heavy atom. The number of rotatable bonds is 3. The van der Waals surface area contributed by atoms with Gasteiger partial charge in [-0.15, -0.1) is 0 Å². The normalized spacial score (nSPS) is 12.1. The summed E-state index contributed by atoms with van der Waals surface area (Å²) in [4.78, 5) is 41.6. The summed E-state index contributed by atoms with van der Waals surface area (Å²) in [5.74, 6) is 2.17. The molecule has 0 unspecified atom stereocenters. The van der Waals surface area contributed by atoms with Gasteiger partial charge in [0.15, 0.2) is 5.65 Å². The molecule has 246 valence electrons. The standard InChI is InChI=1S/2C10H12N2O.C9H11N3O.3C2H6/c1-6(2)8-3-7-4-9(13)12-10(7)11-5-8;1-6(2)7-3-4-11-8-5-9(13)12-10(7)8;1-6(2)7-3-4-12-8(5-7)10-11-9(12)13;3*1-2/h3,5-6H,4H2,1-2H3,(H,11,12,13);3-4,6H,5H2,1-2H3,(H,12,13);3-6H,1-2H3,(H,11,13);3*1-2H3. The predicted octanol–water partition coefficient (Wildman–Crippen LogP) is 7.62. The lowest BCUT2D eigenvalue weighted by Gasteiger charge is -2.09. The Morgan fingerprint density at radius 2 is 1.36 bits per heavy atom. The van der Waals surface area contributed by atoms with Gasteiger partial charge >= 0.3 is 5.69 Å². The summed E-state index contributed by atoms with van der Waals surface area (Å²) in [6.07, 6.45) is 6.25. The molecule has 0 spiro atoms. The van der Waals surface area contributed by atoms with Crippen molar-refractivity contribution in [2.24, 2.45) is 0 Å². The van der Waals surface area contributed by atoms with Gasteiger partial charge in [-0.1, -0.05) is 83.1 Å². The van der Waals surface area contributed by atoms with Gasteiger partial charge in [-0.3, -0.25) is 19.0 Å². The van der Waals surface area contributed by atoms with E-state index in [1.165, 1.54) is 21.1 Å². The Hall–Kier alpha value is -4.34. The number of fused-ring (bicyclic) bond motifs is 3. The average molecular weight is 620 g/mol. The molecule has 0 bridgehead atoms. The van der Waals surface area contributed by atoms with Crippen LogP contribution in [0.2, 0.25) is 0 Å². The number of aromatic nitrogens is 5. The van der Waals surface area contributed by atoms with Gasteiger partial charge in [0.25, 0.3) is 0 Å². The van der Waals surface area contributed by atoms with Crippen molar-refractivity contribution in [3.63, 3.8) is 0 Å². The fourth-order valence-corrected chi connectivity index (χ4v) is 4.34. The highest BCUT2D eigenvalue weighted by molar-refractivity contribution is 5.99. The van der Waals surface area contributed by atoms with Gasteiger partial charge in [0.2, 0.25) is 11.8 Å². The zero-order valence-corrected chi connectivity index (χ0v) is 29.2. The molecule has 4 aromatic rings. The van der Waals surface area contributed by atoms with Crippen LogP contribution >= 0.6 is 0 Å². The van der Waals surface area contributed by atoms with E-state index in [2.05, 4.69) is 78.4 Å². The van der Waals surface area contributed by atoms with Crippen molar-refractivity contribution >= 4 is 29.0 Å². The average Bonchev–Trinajstić information content (AvgIpc) is 3.74. The maximum Gasteiger partial charge on any atom is 0.347 e. The fraction of sp³-hybridized carbons (Fsp3) is 0.486. The van der Waals surface area contributed by atoms with E-state index < -0.39 is 0 Å². The highest BCUT2D eigenvalue weighted by Crippen LogP contribution is 2.30. The van der Waals surface area contributed by atoms with E-state index >= 15 is 0 Å². The third-order valence-corrected chi connectivity index (χ3v) is 6.65. The van der Waals surface area contributed by atoms with Crippen LogP contribution in [0.5, 0.6) is 0 Å². The Labute approximate surface area is 268 Å². The van der Waals surface area contributed by atoms with Crippen LogP contribution in [0.25, 0.3) is 5.65 Å². The van der Waals surface area contributed by atoms with Gasteiger partial charge in [-0.2, -0.15) is 5.10 Å². The number of aromatic amines is 1. The first kappa shape index (κ1) is 38.7. The molecule has 4 aromatic heterocycles. The number of nitrogens with one attached hydrogen (secondary N) is 3. The maximum atomic E-state index is 11.1. The third-order valence-electron chi connectivity index (χ3n) is 6.65. The van der Waals surface area contributed by atoms with Gasteiger partial charge in [-0.05, 0) is 58.7 Å². The number of H-pyrrole nitrogens is 1. The number of hydrogen-bond donors (Lipinski definition) is 3. The van der Waals surface area contributed by atoms with Crippen molar-refractivity contribution in [2.75, 3.05) is 10.6 Å². The van der Waals surface area contributed by atoms with Gasteiger partial charge in [-0.25, -0.2) is 14.9 Å². The van der Waals surface area contributed by atoms with Crippen LogP contribution in [0, 0.1) is 0 Å². The monoisotopic (exact) mass is 619 g/mol. The van der Waals surface area contributed by atoms with E-state index in [-0.39, 0.29) is 17.5 Å². The number of nitrogens with zero attached hydrogens (tertiary/aromatic N) is 4. The Bertz CT molecular complexity index is 1570. The summed E-state index contributed by atoms with van der Waals surface area (Å²) >= 11 is 0. The van der Waals surface area contributed by atoms with Crippen molar-refractivity contribution in [2.45, 2.75) is 114 Å². The molecule has 6 heterocycles. The molecular weight excluding hydrogens is 566 g/mol. The molecule has 6 rings (SSSR count). The minimum atomic E-state index is -0.190. The lowest BCUT2D eigenvalue weighted by molar-refractivity contribution is -0.115. The summed E-state index contributed by atoms with van der Waals surface area (Å²) < 4.78 is 1.49.